The Morgan fingerprint density at radius 2 is 1.76 bits per heavy atom. The molecule has 0 aliphatic carbocycles. The van der Waals surface area contributed by atoms with Crippen LogP contribution in [0.3, 0.4) is 0 Å². The summed E-state index contributed by atoms with van der Waals surface area (Å²) in [6.07, 6.45) is 2.14. The van der Waals surface area contributed by atoms with E-state index in [9.17, 15) is 19.5 Å². The number of anilines is 1. The molecule has 2 fully saturated rings. The molecule has 5 rings (SSSR count). The summed E-state index contributed by atoms with van der Waals surface area (Å²) in [6.45, 7) is 7.69. The first-order valence-electron chi connectivity index (χ1n) is 12.3. The molecule has 0 aromatic heterocycles. The highest BCUT2D eigenvalue weighted by Gasteiger charge is 2.66. The number of amides is 2. The number of ketones is 1. The quantitative estimate of drug-likeness (QED) is 0.260. The van der Waals surface area contributed by atoms with Gasteiger partial charge in [0.25, 0.3) is 17.6 Å². The van der Waals surface area contributed by atoms with Crippen molar-refractivity contribution in [2.45, 2.75) is 12.0 Å². The van der Waals surface area contributed by atoms with Crippen LogP contribution in [-0.2, 0) is 24.7 Å². The van der Waals surface area contributed by atoms with Gasteiger partial charge in [0.2, 0.25) is 0 Å². The van der Waals surface area contributed by atoms with Gasteiger partial charge < -0.3 is 19.6 Å². The number of halogens is 1. The third kappa shape index (κ3) is 4.05. The molecule has 0 bridgehead atoms. The van der Waals surface area contributed by atoms with E-state index < -0.39 is 28.9 Å². The van der Waals surface area contributed by atoms with Gasteiger partial charge in [-0.05, 0) is 36.8 Å². The van der Waals surface area contributed by atoms with Gasteiger partial charge in [0.1, 0.15) is 5.76 Å². The Labute approximate surface area is 220 Å². The Balaban J connectivity index is 1.65. The van der Waals surface area contributed by atoms with E-state index in [4.69, 9.17) is 16.3 Å². The first-order chi connectivity index (χ1) is 17.9. The third-order valence-electron chi connectivity index (χ3n) is 7.20. The Morgan fingerprint density at radius 1 is 1.05 bits per heavy atom. The van der Waals surface area contributed by atoms with E-state index in [1.165, 1.54) is 9.80 Å². The fraction of sp³-hybridized carbons (Fsp3) is 0.321. The first kappa shape index (κ1) is 25.2. The maximum atomic E-state index is 14.3. The summed E-state index contributed by atoms with van der Waals surface area (Å²) in [5, 5.41) is 11.9. The maximum absolute atomic E-state index is 14.3. The van der Waals surface area contributed by atoms with E-state index in [-0.39, 0.29) is 18.7 Å². The normalized spacial score (nSPS) is 23.2. The number of carbonyl (C=O) groups is 3. The van der Waals surface area contributed by atoms with Crippen LogP contribution < -0.4 is 4.90 Å². The number of carbonyl (C=O) groups excluding carboxylic acids is 3. The van der Waals surface area contributed by atoms with Gasteiger partial charge in [-0.2, -0.15) is 0 Å². The molecule has 3 aliphatic heterocycles. The van der Waals surface area contributed by atoms with Gasteiger partial charge in [0.05, 0.1) is 24.5 Å². The first-order valence-corrected chi connectivity index (χ1v) is 12.7. The summed E-state index contributed by atoms with van der Waals surface area (Å²) < 4.78 is 5.41. The van der Waals surface area contributed by atoms with Crippen molar-refractivity contribution in [3.63, 3.8) is 0 Å². The van der Waals surface area contributed by atoms with Crippen LogP contribution in [0.5, 0.6) is 0 Å². The molecule has 9 heteroatoms. The van der Waals surface area contributed by atoms with E-state index in [1.807, 2.05) is 0 Å². The fourth-order valence-corrected chi connectivity index (χ4v) is 5.63. The lowest BCUT2D eigenvalue weighted by Crippen LogP contribution is -2.52. The van der Waals surface area contributed by atoms with Crippen LogP contribution in [-0.4, -0.2) is 78.4 Å². The van der Waals surface area contributed by atoms with Crippen LogP contribution in [0, 0.1) is 0 Å². The molecular weight excluding hydrogens is 494 g/mol. The van der Waals surface area contributed by atoms with Gasteiger partial charge in [0, 0.05) is 48.9 Å². The highest BCUT2D eigenvalue weighted by atomic mass is 35.5. The molecule has 8 nitrogen and oxygen atoms in total. The van der Waals surface area contributed by atoms with Crippen molar-refractivity contribution < 1.29 is 24.2 Å². The number of benzene rings is 2. The van der Waals surface area contributed by atoms with E-state index >= 15 is 0 Å². The molecule has 192 valence electrons. The number of hydrogen-bond donors (Lipinski definition) is 1. The topological polar surface area (TPSA) is 90.4 Å². The standard InChI is InChI=1S/C28H28ClN3O5/c1-2-12-31-22-7-4-3-6-21(22)28(27(31)36)23(24(33)19-8-10-20(29)11-9-19)25(34)26(35)32(28)14-5-13-30-15-17-37-18-16-30/h2-4,6-11,33H,1,5,12-18H2/t28-/m0/s1. The number of likely N-dealkylation sites (tertiary alicyclic amines) is 1. The van der Waals surface area contributed by atoms with Gasteiger partial charge >= 0.3 is 0 Å². The summed E-state index contributed by atoms with van der Waals surface area (Å²) in [6, 6.07) is 13.4. The molecule has 3 heterocycles. The minimum atomic E-state index is -1.78. The summed E-state index contributed by atoms with van der Waals surface area (Å²) in [7, 11) is 0. The second-order valence-corrected chi connectivity index (χ2v) is 9.69. The molecule has 1 atom stereocenters. The zero-order chi connectivity index (χ0) is 26.2. The largest absolute Gasteiger partial charge is 0.507 e. The van der Waals surface area contributed by atoms with Crippen LogP contribution in [0.15, 0.2) is 66.8 Å². The predicted molar refractivity (Wildman–Crippen MR) is 140 cm³/mol. The number of ether oxygens (including phenoxy) is 1. The van der Waals surface area contributed by atoms with E-state index in [0.29, 0.717) is 48.0 Å². The predicted octanol–water partition coefficient (Wildman–Crippen LogP) is 3.17. The summed E-state index contributed by atoms with van der Waals surface area (Å²) in [5.41, 5.74) is -0.641. The van der Waals surface area contributed by atoms with Gasteiger partial charge in [-0.3, -0.25) is 19.3 Å². The number of nitrogens with zero attached hydrogens (tertiary/aromatic N) is 3. The van der Waals surface area contributed by atoms with Crippen molar-refractivity contribution in [3.05, 3.63) is 82.9 Å². The number of aliphatic hydroxyl groups is 1. The number of hydrogen-bond acceptors (Lipinski definition) is 6. The van der Waals surface area contributed by atoms with Crippen molar-refractivity contribution in [1.82, 2.24) is 9.80 Å². The molecule has 0 unspecified atom stereocenters. The average Bonchev–Trinajstić information content (AvgIpc) is 3.28. The SMILES string of the molecule is C=CCN1C(=O)[C@@]2(C(=C(O)c3ccc(Cl)cc3)C(=O)C(=O)N2CCCN2CCOCC2)c2ccccc21. The zero-order valence-electron chi connectivity index (χ0n) is 20.4. The number of aliphatic hydroxyl groups excluding tert-OH is 1. The van der Waals surface area contributed by atoms with Crippen molar-refractivity contribution in [2.24, 2.45) is 0 Å². The molecule has 2 aromatic carbocycles. The van der Waals surface area contributed by atoms with Gasteiger partial charge in [-0.15, -0.1) is 6.58 Å². The smallest absolute Gasteiger partial charge is 0.296 e. The Bertz CT molecular complexity index is 1280. The molecule has 2 saturated heterocycles. The summed E-state index contributed by atoms with van der Waals surface area (Å²) in [4.78, 5) is 46.5. The molecule has 2 amide bonds. The molecule has 0 saturated carbocycles. The van der Waals surface area contributed by atoms with Crippen LogP contribution in [0.2, 0.25) is 5.02 Å². The van der Waals surface area contributed by atoms with Crippen molar-refractivity contribution in [3.8, 4) is 0 Å². The zero-order valence-corrected chi connectivity index (χ0v) is 21.1. The van der Waals surface area contributed by atoms with Crippen LogP contribution >= 0.6 is 11.6 Å². The Kier molecular flexibility index (Phi) is 6.90. The molecule has 1 N–H and O–H groups in total. The van der Waals surface area contributed by atoms with Crippen LogP contribution in [0.4, 0.5) is 5.69 Å². The number of rotatable bonds is 7. The highest BCUT2D eigenvalue weighted by Crippen LogP contribution is 2.53. The molecule has 0 radical (unpaired) electrons. The van der Waals surface area contributed by atoms with Crippen LogP contribution in [0.1, 0.15) is 17.5 Å². The molecule has 2 aromatic rings. The highest BCUT2D eigenvalue weighted by molar-refractivity contribution is 6.50. The van der Waals surface area contributed by atoms with Crippen molar-refractivity contribution >= 4 is 40.6 Å². The van der Waals surface area contributed by atoms with Gasteiger partial charge in [-0.1, -0.05) is 35.9 Å². The summed E-state index contributed by atoms with van der Waals surface area (Å²) >= 11 is 6.03. The summed E-state index contributed by atoms with van der Waals surface area (Å²) in [5.74, 6) is -2.56. The fourth-order valence-electron chi connectivity index (χ4n) is 5.51. The molecule has 3 aliphatic rings. The van der Waals surface area contributed by atoms with Gasteiger partial charge in [0.15, 0.2) is 5.54 Å². The van der Waals surface area contributed by atoms with Gasteiger partial charge in [-0.25, -0.2) is 0 Å². The Hall–Kier alpha value is -3.46. The average molecular weight is 522 g/mol. The number of Topliss-reactive ketones (excluding diaryl/α,β-unsaturated/α-hetero) is 1. The minimum absolute atomic E-state index is 0.168. The third-order valence-corrected chi connectivity index (χ3v) is 7.45. The van der Waals surface area contributed by atoms with Crippen molar-refractivity contribution in [2.75, 3.05) is 50.8 Å². The van der Waals surface area contributed by atoms with E-state index in [0.717, 1.165) is 13.1 Å². The lowest BCUT2D eigenvalue weighted by Gasteiger charge is -2.35. The van der Waals surface area contributed by atoms with E-state index in [2.05, 4.69) is 11.5 Å². The second kappa shape index (κ2) is 10.1. The number of morpholine rings is 1. The minimum Gasteiger partial charge on any atom is -0.507 e. The lowest BCUT2D eigenvalue weighted by atomic mass is 9.82. The molecule has 37 heavy (non-hydrogen) atoms. The molecule has 1 spiro atoms. The lowest BCUT2D eigenvalue weighted by molar-refractivity contribution is -0.143. The number of para-hydroxylation sites is 1. The molecular formula is C28H28ClN3O5. The second-order valence-electron chi connectivity index (χ2n) is 9.26. The van der Waals surface area contributed by atoms with Crippen LogP contribution in [0.25, 0.3) is 5.76 Å². The Morgan fingerprint density at radius 3 is 2.46 bits per heavy atom. The monoisotopic (exact) mass is 521 g/mol. The number of fused-ring (bicyclic) bond motifs is 2. The van der Waals surface area contributed by atoms with E-state index in [1.54, 1.807) is 54.6 Å². The maximum Gasteiger partial charge on any atom is 0.296 e. The van der Waals surface area contributed by atoms with Crippen molar-refractivity contribution in [1.29, 1.82) is 0 Å².